The summed E-state index contributed by atoms with van der Waals surface area (Å²) < 4.78 is 10.5. The molecule has 0 spiro atoms. The minimum atomic E-state index is -0.471. The number of hydrogen-bond donors (Lipinski definition) is 3. The van der Waals surface area contributed by atoms with E-state index in [0.717, 1.165) is 18.9 Å². The molecule has 0 heterocycles. The number of guanidine groups is 1. The number of methoxy groups -OCH3 is 1. The van der Waals surface area contributed by atoms with Crippen LogP contribution in [-0.2, 0) is 9.47 Å². The standard InChI is InChI=1S/C16H34N4O3/c1-8-17-13(20-12-16(5,6)22-7)18-10-9-11-19-14(21)23-15(2,3)4/h8-12H2,1-7H3,(H,19,21)(H2,17,18,20). The topological polar surface area (TPSA) is 84.0 Å². The van der Waals surface area contributed by atoms with E-state index >= 15 is 0 Å². The van der Waals surface area contributed by atoms with Gasteiger partial charge in [0.25, 0.3) is 0 Å². The van der Waals surface area contributed by atoms with Gasteiger partial charge in [-0.15, -0.1) is 0 Å². The maximum Gasteiger partial charge on any atom is 0.407 e. The first-order valence-corrected chi connectivity index (χ1v) is 8.14. The zero-order valence-corrected chi connectivity index (χ0v) is 15.7. The lowest BCUT2D eigenvalue weighted by atomic mass is 10.1. The molecule has 0 radical (unpaired) electrons. The fraction of sp³-hybridized carbons (Fsp3) is 0.875. The van der Waals surface area contributed by atoms with Gasteiger partial charge in [0.1, 0.15) is 5.60 Å². The molecule has 0 aromatic heterocycles. The Bertz CT molecular complexity index is 376. The summed E-state index contributed by atoms with van der Waals surface area (Å²) in [7, 11) is 1.68. The number of hydrogen-bond acceptors (Lipinski definition) is 4. The van der Waals surface area contributed by atoms with E-state index in [9.17, 15) is 4.79 Å². The van der Waals surface area contributed by atoms with E-state index in [0.29, 0.717) is 19.6 Å². The Morgan fingerprint density at radius 3 is 2.17 bits per heavy atom. The van der Waals surface area contributed by atoms with Crippen LogP contribution in [0.4, 0.5) is 4.79 Å². The van der Waals surface area contributed by atoms with Crippen molar-refractivity contribution in [1.82, 2.24) is 16.0 Å². The molecule has 0 aromatic rings. The molecule has 0 rings (SSSR count). The van der Waals surface area contributed by atoms with Gasteiger partial charge in [-0.2, -0.15) is 0 Å². The Balaban J connectivity index is 4.06. The van der Waals surface area contributed by atoms with E-state index in [1.54, 1.807) is 7.11 Å². The molecule has 3 N–H and O–H groups in total. The van der Waals surface area contributed by atoms with Crippen molar-refractivity contribution in [2.75, 3.05) is 33.3 Å². The predicted octanol–water partition coefficient (Wildman–Crippen LogP) is 1.88. The van der Waals surface area contributed by atoms with Gasteiger partial charge in [0.15, 0.2) is 5.96 Å². The number of aliphatic imine (C=N–C) groups is 1. The Labute approximate surface area is 140 Å². The number of ether oxygens (including phenoxy) is 2. The molecule has 0 unspecified atom stereocenters. The van der Waals surface area contributed by atoms with Crippen LogP contribution in [0.25, 0.3) is 0 Å². The highest BCUT2D eigenvalue weighted by Crippen LogP contribution is 2.07. The van der Waals surface area contributed by atoms with Gasteiger partial charge in [-0.05, 0) is 48.0 Å². The molecular weight excluding hydrogens is 296 g/mol. The summed E-state index contributed by atoms with van der Waals surface area (Å²) in [4.78, 5) is 16.0. The number of carbonyl (C=O) groups excluding carboxylic acids is 1. The van der Waals surface area contributed by atoms with Crippen molar-refractivity contribution in [3.8, 4) is 0 Å². The second-order valence-electron chi connectivity index (χ2n) is 6.87. The molecule has 0 bridgehead atoms. The quantitative estimate of drug-likeness (QED) is 0.359. The molecule has 1 amide bonds. The Morgan fingerprint density at radius 2 is 1.65 bits per heavy atom. The van der Waals surface area contributed by atoms with Crippen molar-refractivity contribution in [3.05, 3.63) is 0 Å². The molecule has 7 nitrogen and oxygen atoms in total. The van der Waals surface area contributed by atoms with Gasteiger partial charge in [0, 0.05) is 26.7 Å². The maximum atomic E-state index is 11.5. The van der Waals surface area contributed by atoms with Crippen LogP contribution >= 0.6 is 0 Å². The Kier molecular flexibility index (Phi) is 9.64. The number of rotatable bonds is 8. The van der Waals surface area contributed by atoms with Gasteiger partial charge in [-0.25, -0.2) is 4.79 Å². The second-order valence-corrected chi connectivity index (χ2v) is 6.87. The average Bonchev–Trinajstić information content (AvgIpc) is 2.42. The average molecular weight is 330 g/mol. The highest BCUT2D eigenvalue weighted by Gasteiger charge is 2.16. The van der Waals surface area contributed by atoms with Crippen LogP contribution < -0.4 is 16.0 Å². The molecule has 0 saturated heterocycles. The van der Waals surface area contributed by atoms with Crippen LogP contribution in [0, 0.1) is 0 Å². The number of carbonyl (C=O) groups is 1. The highest BCUT2D eigenvalue weighted by atomic mass is 16.6. The molecule has 0 atom stereocenters. The monoisotopic (exact) mass is 330 g/mol. The summed E-state index contributed by atoms with van der Waals surface area (Å²) in [6.07, 6.45) is 0.386. The van der Waals surface area contributed by atoms with Gasteiger partial charge in [-0.1, -0.05) is 0 Å². The maximum absolute atomic E-state index is 11.5. The number of nitrogens with zero attached hydrogens (tertiary/aromatic N) is 1. The van der Waals surface area contributed by atoms with Gasteiger partial charge in [0.2, 0.25) is 0 Å². The summed E-state index contributed by atoms with van der Waals surface area (Å²) in [6, 6.07) is 0. The first-order valence-electron chi connectivity index (χ1n) is 8.14. The summed E-state index contributed by atoms with van der Waals surface area (Å²) in [5, 5.41) is 9.14. The van der Waals surface area contributed by atoms with Crippen molar-refractivity contribution in [3.63, 3.8) is 0 Å². The minimum Gasteiger partial charge on any atom is -0.444 e. The third-order valence-electron chi connectivity index (χ3n) is 2.83. The van der Waals surface area contributed by atoms with Crippen molar-refractivity contribution in [1.29, 1.82) is 0 Å². The van der Waals surface area contributed by atoms with Gasteiger partial charge in [-0.3, -0.25) is 4.99 Å². The number of alkyl carbamates (subject to hydrolysis) is 1. The lowest BCUT2D eigenvalue weighted by Crippen LogP contribution is -2.40. The molecule has 136 valence electrons. The van der Waals surface area contributed by atoms with Crippen LogP contribution in [0.1, 0.15) is 48.0 Å². The minimum absolute atomic E-state index is 0.291. The summed E-state index contributed by atoms with van der Waals surface area (Å²) in [5.41, 5.74) is -0.762. The lowest BCUT2D eigenvalue weighted by molar-refractivity contribution is 0.0310. The van der Waals surface area contributed by atoms with E-state index in [1.807, 2.05) is 41.5 Å². The van der Waals surface area contributed by atoms with Crippen molar-refractivity contribution >= 4 is 12.1 Å². The summed E-state index contributed by atoms with van der Waals surface area (Å²) in [5.74, 6) is 0.745. The van der Waals surface area contributed by atoms with Gasteiger partial charge in [0.05, 0.1) is 12.1 Å². The molecule has 0 aromatic carbocycles. The van der Waals surface area contributed by atoms with E-state index in [-0.39, 0.29) is 11.7 Å². The van der Waals surface area contributed by atoms with Crippen molar-refractivity contribution < 1.29 is 14.3 Å². The molecule has 0 aliphatic carbocycles. The molecular formula is C16H34N4O3. The Hall–Kier alpha value is -1.50. The predicted molar refractivity (Wildman–Crippen MR) is 93.9 cm³/mol. The van der Waals surface area contributed by atoms with Gasteiger partial charge < -0.3 is 25.4 Å². The normalized spacial score (nSPS) is 12.7. The fourth-order valence-corrected chi connectivity index (χ4v) is 1.48. The van der Waals surface area contributed by atoms with Gasteiger partial charge >= 0.3 is 6.09 Å². The van der Waals surface area contributed by atoms with E-state index < -0.39 is 5.60 Å². The number of amides is 1. The van der Waals surface area contributed by atoms with Crippen LogP contribution in [0.2, 0.25) is 0 Å². The van der Waals surface area contributed by atoms with E-state index in [4.69, 9.17) is 9.47 Å². The molecule has 0 aliphatic rings. The summed E-state index contributed by atoms with van der Waals surface area (Å²) >= 11 is 0. The number of nitrogens with one attached hydrogen (secondary N) is 3. The van der Waals surface area contributed by atoms with Crippen LogP contribution in [0.3, 0.4) is 0 Å². The molecule has 0 aliphatic heterocycles. The largest absolute Gasteiger partial charge is 0.444 e. The first kappa shape index (κ1) is 21.5. The molecule has 0 fully saturated rings. The smallest absolute Gasteiger partial charge is 0.407 e. The van der Waals surface area contributed by atoms with Crippen molar-refractivity contribution in [2.24, 2.45) is 4.99 Å². The molecule has 23 heavy (non-hydrogen) atoms. The third kappa shape index (κ3) is 12.7. The van der Waals surface area contributed by atoms with E-state index in [1.165, 1.54) is 0 Å². The van der Waals surface area contributed by atoms with Crippen molar-refractivity contribution in [2.45, 2.75) is 59.2 Å². The SMILES string of the molecule is CCNC(=NCC(C)(C)OC)NCCCNC(=O)OC(C)(C)C. The lowest BCUT2D eigenvalue weighted by Gasteiger charge is -2.21. The third-order valence-corrected chi connectivity index (χ3v) is 2.83. The molecule has 7 heteroatoms. The van der Waals surface area contributed by atoms with E-state index in [2.05, 4.69) is 20.9 Å². The van der Waals surface area contributed by atoms with Crippen LogP contribution in [0.15, 0.2) is 4.99 Å². The fourth-order valence-electron chi connectivity index (χ4n) is 1.48. The second kappa shape index (κ2) is 10.3. The zero-order valence-electron chi connectivity index (χ0n) is 15.7. The first-order chi connectivity index (χ1) is 10.6. The summed E-state index contributed by atoms with van der Waals surface area (Å²) in [6.45, 7) is 14.1. The molecule has 0 saturated carbocycles. The van der Waals surface area contributed by atoms with Crippen LogP contribution in [-0.4, -0.2) is 56.5 Å². The Morgan fingerprint density at radius 1 is 1.04 bits per heavy atom. The highest BCUT2D eigenvalue weighted by molar-refractivity contribution is 5.79. The zero-order chi connectivity index (χ0) is 17.9. The van der Waals surface area contributed by atoms with Crippen LogP contribution in [0.5, 0.6) is 0 Å².